The Morgan fingerprint density at radius 2 is 1.73 bits per heavy atom. The van der Waals surface area contributed by atoms with E-state index < -0.39 is 6.04 Å². The summed E-state index contributed by atoms with van der Waals surface area (Å²) in [6, 6.07) is -0.587. The molecule has 6 heteroatoms. The Bertz CT molecular complexity index is 830. The summed E-state index contributed by atoms with van der Waals surface area (Å²) in [5, 5.41) is 25.0. The number of esters is 1. The van der Waals surface area contributed by atoms with E-state index >= 15 is 0 Å². The van der Waals surface area contributed by atoms with Gasteiger partial charge in [0.05, 0.1) is 19.3 Å². The maximum atomic E-state index is 12.8. The fourth-order valence-electron chi connectivity index (χ4n) is 9.81. The van der Waals surface area contributed by atoms with Crippen LogP contribution in [0.5, 0.6) is 0 Å². The lowest BCUT2D eigenvalue weighted by Crippen LogP contribution is -2.58. The maximum Gasteiger partial charge on any atom is 0.328 e. The second-order valence-corrected chi connectivity index (χ2v) is 14.2. The Labute approximate surface area is 224 Å². The molecule has 0 aromatic heterocycles. The van der Waals surface area contributed by atoms with Gasteiger partial charge in [-0.15, -0.1) is 0 Å². The zero-order chi connectivity index (χ0) is 27.1. The van der Waals surface area contributed by atoms with Crippen LogP contribution in [0.15, 0.2) is 0 Å². The van der Waals surface area contributed by atoms with E-state index in [4.69, 9.17) is 4.74 Å². The van der Waals surface area contributed by atoms with Crippen LogP contribution in [0.3, 0.4) is 0 Å². The van der Waals surface area contributed by atoms with Crippen molar-refractivity contribution in [2.75, 3.05) is 7.11 Å². The molecule has 212 valence electrons. The molecule has 4 aliphatic carbocycles. The predicted molar refractivity (Wildman–Crippen MR) is 144 cm³/mol. The second kappa shape index (κ2) is 11.2. The Balaban J connectivity index is 1.40. The molecular weight excluding hydrogens is 466 g/mol. The van der Waals surface area contributed by atoms with Gasteiger partial charge in [0, 0.05) is 6.42 Å². The minimum atomic E-state index is -0.587. The van der Waals surface area contributed by atoms with E-state index in [2.05, 4.69) is 26.1 Å². The average molecular weight is 520 g/mol. The van der Waals surface area contributed by atoms with Gasteiger partial charge in [-0.2, -0.15) is 0 Å². The second-order valence-electron chi connectivity index (χ2n) is 14.2. The lowest BCUT2D eigenvalue weighted by molar-refractivity contribution is -0.175. The summed E-state index contributed by atoms with van der Waals surface area (Å²) >= 11 is 0. The molecule has 4 fully saturated rings. The number of amides is 1. The van der Waals surface area contributed by atoms with E-state index in [0.717, 1.165) is 38.5 Å². The number of fused-ring (bicyclic) bond motifs is 5. The summed E-state index contributed by atoms with van der Waals surface area (Å²) in [6.07, 6.45) is 9.88. The Kier molecular flexibility index (Phi) is 8.70. The highest BCUT2D eigenvalue weighted by atomic mass is 16.5. The molecule has 0 aromatic rings. The molecule has 4 saturated carbocycles. The highest BCUT2D eigenvalue weighted by Gasteiger charge is 2.63. The fourth-order valence-corrected chi connectivity index (χ4v) is 9.81. The number of carbonyl (C=O) groups is 2. The van der Waals surface area contributed by atoms with Crippen molar-refractivity contribution in [2.24, 2.45) is 52.3 Å². The van der Waals surface area contributed by atoms with Crippen LogP contribution in [0.4, 0.5) is 0 Å². The minimum Gasteiger partial charge on any atom is -0.467 e. The number of aliphatic hydroxyl groups excluding tert-OH is 2. The van der Waals surface area contributed by atoms with Gasteiger partial charge in [0.1, 0.15) is 6.04 Å². The first kappa shape index (κ1) is 28.9. The molecule has 6 nitrogen and oxygen atoms in total. The highest BCUT2D eigenvalue weighted by Crippen LogP contribution is 2.68. The number of hydrogen-bond acceptors (Lipinski definition) is 5. The number of nitrogens with one attached hydrogen (secondary N) is 1. The third-order valence-electron chi connectivity index (χ3n) is 11.9. The predicted octanol–water partition coefficient (Wildman–Crippen LogP) is 5.10. The standard InChI is InChI=1S/C31H53NO5/c1-18(2)15-26(29(36)37-6)32-28(35)12-7-19(3)23-10-11-24-22-9-8-20-16-21(33)13-14-30(20,4)25(22)17-27(34)31(23,24)5/h18-27,33-34H,7-17H2,1-6H3,(H,32,35)/t19-,20-,21-,22+,23-,24+,25+,26+,27+,30+,31-/m1/s1. The van der Waals surface area contributed by atoms with Crippen molar-refractivity contribution in [2.45, 2.75) is 123 Å². The van der Waals surface area contributed by atoms with Gasteiger partial charge in [0.15, 0.2) is 0 Å². The molecule has 0 aliphatic heterocycles. The van der Waals surface area contributed by atoms with Crippen molar-refractivity contribution >= 4 is 11.9 Å². The average Bonchev–Trinajstić information content (AvgIpc) is 3.21. The van der Waals surface area contributed by atoms with Crippen molar-refractivity contribution < 1.29 is 24.5 Å². The molecule has 0 aromatic carbocycles. The zero-order valence-electron chi connectivity index (χ0n) is 24.2. The molecule has 0 spiro atoms. The van der Waals surface area contributed by atoms with Gasteiger partial charge in [-0.1, -0.05) is 34.6 Å². The van der Waals surface area contributed by atoms with Crippen LogP contribution < -0.4 is 5.32 Å². The van der Waals surface area contributed by atoms with Gasteiger partial charge >= 0.3 is 5.97 Å². The van der Waals surface area contributed by atoms with Crippen LogP contribution >= 0.6 is 0 Å². The maximum absolute atomic E-state index is 12.8. The normalized spacial score (nSPS) is 42.8. The van der Waals surface area contributed by atoms with Gasteiger partial charge in [0.25, 0.3) is 0 Å². The van der Waals surface area contributed by atoms with Crippen LogP contribution in [-0.4, -0.2) is 47.4 Å². The van der Waals surface area contributed by atoms with Crippen LogP contribution in [-0.2, 0) is 14.3 Å². The largest absolute Gasteiger partial charge is 0.467 e. The van der Waals surface area contributed by atoms with Gasteiger partial charge < -0.3 is 20.3 Å². The third-order valence-corrected chi connectivity index (χ3v) is 11.9. The first-order chi connectivity index (χ1) is 17.4. The highest BCUT2D eigenvalue weighted by molar-refractivity contribution is 5.84. The first-order valence-corrected chi connectivity index (χ1v) is 15.1. The smallest absolute Gasteiger partial charge is 0.328 e. The summed E-state index contributed by atoms with van der Waals surface area (Å²) in [4.78, 5) is 24.9. The molecule has 0 heterocycles. The fraction of sp³-hybridized carbons (Fsp3) is 0.935. The van der Waals surface area contributed by atoms with E-state index in [1.54, 1.807) is 0 Å². The topological polar surface area (TPSA) is 95.9 Å². The van der Waals surface area contributed by atoms with Crippen LogP contribution in [0.1, 0.15) is 105 Å². The molecule has 37 heavy (non-hydrogen) atoms. The van der Waals surface area contributed by atoms with Crippen molar-refractivity contribution in [3.05, 3.63) is 0 Å². The molecule has 4 aliphatic rings. The first-order valence-electron chi connectivity index (χ1n) is 15.1. The van der Waals surface area contributed by atoms with E-state index in [1.807, 2.05) is 13.8 Å². The summed E-state index contributed by atoms with van der Waals surface area (Å²) in [6.45, 7) is 11.1. The van der Waals surface area contributed by atoms with Crippen LogP contribution in [0.25, 0.3) is 0 Å². The Hall–Kier alpha value is -1.14. The SMILES string of the molecule is COC(=O)[C@H](CC(C)C)NC(=O)CC[C@@H](C)[C@H]1CC[C@H]2[C@@H]3CC[C@@H]4C[C@H](O)CC[C@]4(C)[C@H]3C[C@H](O)[C@]12C. The molecule has 11 atom stereocenters. The van der Waals surface area contributed by atoms with Gasteiger partial charge in [-0.25, -0.2) is 4.79 Å². The summed E-state index contributed by atoms with van der Waals surface area (Å²) in [5.41, 5.74) is 0.152. The molecule has 1 amide bonds. The monoisotopic (exact) mass is 519 g/mol. The van der Waals surface area contributed by atoms with Crippen molar-refractivity contribution in [3.8, 4) is 0 Å². The minimum absolute atomic E-state index is 0.0856. The van der Waals surface area contributed by atoms with Crippen molar-refractivity contribution in [1.82, 2.24) is 5.32 Å². The molecular formula is C31H53NO5. The van der Waals surface area contributed by atoms with Gasteiger partial charge in [-0.05, 0) is 116 Å². The van der Waals surface area contributed by atoms with E-state index in [1.165, 1.54) is 26.4 Å². The van der Waals surface area contributed by atoms with E-state index in [-0.39, 0.29) is 40.8 Å². The Morgan fingerprint density at radius 3 is 2.41 bits per heavy atom. The van der Waals surface area contributed by atoms with Crippen LogP contribution in [0, 0.1) is 52.3 Å². The lowest BCUT2D eigenvalue weighted by Gasteiger charge is -2.62. The molecule has 0 bridgehead atoms. The van der Waals surface area contributed by atoms with Crippen LogP contribution in [0.2, 0.25) is 0 Å². The quantitative estimate of drug-likeness (QED) is 0.388. The number of rotatable bonds is 8. The summed E-state index contributed by atoms with van der Waals surface area (Å²) in [5.74, 6) is 2.93. The third kappa shape index (κ3) is 5.35. The zero-order valence-corrected chi connectivity index (χ0v) is 24.2. The van der Waals surface area contributed by atoms with Gasteiger partial charge in [-0.3, -0.25) is 4.79 Å². The summed E-state index contributed by atoms with van der Waals surface area (Å²) < 4.78 is 4.90. The molecule has 0 radical (unpaired) electrons. The van der Waals surface area contributed by atoms with E-state index in [9.17, 15) is 19.8 Å². The van der Waals surface area contributed by atoms with Gasteiger partial charge in [0.2, 0.25) is 5.91 Å². The van der Waals surface area contributed by atoms with Crippen molar-refractivity contribution in [1.29, 1.82) is 0 Å². The molecule has 3 N–H and O–H groups in total. The number of aliphatic hydroxyl groups is 2. The van der Waals surface area contributed by atoms with Crippen molar-refractivity contribution in [3.63, 3.8) is 0 Å². The number of carbonyl (C=O) groups excluding carboxylic acids is 2. The molecule has 0 unspecified atom stereocenters. The number of ether oxygens (including phenoxy) is 1. The molecule has 4 rings (SSSR count). The molecule has 0 saturated heterocycles. The number of methoxy groups -OCH3 is 1. The number of hydrogen-bond donors (Lipinski definition) is 3. The lowest BCUT2D eigenvalue weighted by atomic mass is 9.43. The van der Waals surface area contributed by atoms with E-state index in [0.29, 0.717) is 48.3 Å². The summed E-state index contributed by atoms with van der Waals surface area (Å²) in [7, 11) is 1.37. The Morgan fingerprint density at radius 1 is 1.00 bits per heavy atom.